The number of rotatable bonds is 4. The molecule has 7 nitrogen and oxygen atoms in total. The minimum atomic E-state index is -1.21. The Balaban J connectivity index is 2.27. The molecule has 108 valence electrons. The van der Waals surface area contributed by atoms with Gasteiger partial charge >= 0.3 is 5.97 Å². The molecule has 0 aliphatic carbocycles. The number of hydrogen-bond donors (Lipinski definition) is 2. The maximum absolute atomic E-state index is 14.0. The van der Waals surface area contributed by atoms with Crippen molar-refractivity contribution in [3.63, 3.8) is 0 Å². The van der Waals surface area contributed by atoms with Crippen molar-refractivity contribution in [1.29, 1.82) is 10.5 Å². The second-order valence-electron chi connectivity index (χ2n) is 4.04. The van der Waals surface area contributed by atoms with Crippen LogP contribution in [0, 0.1) is 28.5 Å². The van der Waals surface area contributed by atoms with E-state index in [1.165, 1.54) is 24.4 Å². The molecular weight excluding hydrogens is 289 g/mol. The number of hydrogen-bond acceptors (Lipinski definition) is 5. The molecule has 1 aromatic heterocycles. The van der Waals surface area contributed by atoms with Gasteiger partial charge in [-0.05, 0) is 24.3 Å². The Morgan fingerprint density at radius 2 is 2.09 bits per heavy atom. The molecule has 0 unspecified atom stereocenters. The van der Waals surface area contributed by atoms with Gasteiger partial charge in [-0.25, -0.2) is 13.9 Å². The number of benzene rings is 1. The van der Waals surface area contributed by atoms with E-state index in [2.05, 4.69) is 10.4 Å². The van der Waals surface area contributed by atoms with E-state index in [1.807, 2.05) is 0 Å². The first-order valence-corrected chi connectivity index (χ1v) is 5.91. The van der Waals surface area contributed by atoms with E-state index in [0.717, 1.165) is 16.9 Å². The number of nitriles is 2. The SMILES string of the molecule is N#CC(C#N)=CNc1ccc(-n2ccc(C(=O)O)n2)c(F)c1. The van der Waals surface area contributed by atoms with Gasteiger partial charge in [0.15, 0.2) is 11.5 Å². The smallest absolute Gasteiger partial charge is 0.356 e. The first-order valence-electron chi connectivity index (χ1n) is 5.91. The molecular formula is C14H8FN5O2. The minimum absolute atomic E-state index is 0.0721. The van der Waals surface area contributed by atoms with E-state index in [-0.39, 0.29) is 17.0 Å². The lowest BCUT2D eigenvalue weighted by molar-refractivity contribution is 0.0690. The summed E-state index contributed by atoms with van der Waals surface area (Å²) < 4.78 is 15.1. The molecule has 0 saturated heterocycles. The van der Waals surface area contributed by atoms with Crippen LogP contribution in [0.2, 0.25) is 0 Å². The molecule has 2 aromatic rings. The first kappa shape index (κ1) is 14.8. The van der Waals surface area contributed by atoms with Gasteiger partial charge in [0.05, 0.1) is 0 Å². The summed E-state index contributed by atoms with van der Waals surface area (Å²) >= 11 is 0. The fourth-order valence-electron chi connectivity index (χ4n) is 1.60. The Morgan fingerprint density at radius 3 is 2.64 bits per heavy atom. The average Bonchev–Trinajstić information content (AvgIpc) is 2.98. The van der Waals surface area contributed by atoms with Crippen LogP contribution in [-0.4, -0.2) is 20.9 Å². The topological polar surface area (TPSA) is 115 Å². The number of anilines is 1. The second kappa shape index (κ2) is 6.20. The Morgan fingerprint density at radius 1 is 1.36 bits per heavy atom. The molecule has 2 rings (SSSR count). The lowest BCUT2D eigenvalue weighted by Crippen LogP contribution is -2.03. The fourth-order valence-corrected chi connectivity index (χ4v) is 1.60. The van der Waals surface area contributed by atoms with E-state index in [9.17, 15) is 9.18 Å². The lowest BCUT2D eigenvalue weighted by Gasteiger charge is -2.06. The molecule has 0 aliphatic rings. The van der Waals surface area contributed by atoms with E-state index < -0.39 is 11.8 Å². The number of carboxylic acid groups (broad SMARTS) is 1. The highest BCUT2D eigenvalue weighted by atomic mass is 19.1. The Hall–Kier alpha value is -3.65. The van der Waals surface area contributed by atoms with Crippen LogP contribution in [0.4, 0.5) is 10.1 Å². The molecule has 0 radical (unpaired) electrons. The number of halogens is 1. The number of aromatic carboxylic acids is 1. The summed E-state index contributed by atoms with van der Waals surface area (Å²) in [5.74, 6) is -1.85. The van der Waals surface area contributed by atoms with Gasteiger partial charge in [-0.2, -0.15) is 15.6 Å². The fraction of sp³-hybridized carbons (Fsp3) is 0. The molecule has 2 N–H and O–H groups in total. The zero-order valence-electron chi connectivity index (χ0n) is 11.0. The van der Waals surface area contributed by atoms with Gasteiger partial charge in [-0.15, -0.1) is 0 Å². The highest BCUT2D eigenvalue weighted by Crippen LogP contribution is 2.18. The molecule has 0 bridgehead atoms. The summed E-state index contributed by atoms with van der Waals surface area (Å²) in [5, 5.41) is 32.3. The quantitative estimate of drug-likeness (QED) is 0.834. The Labute approximate surface area is 124 Å². The molecule has 0 atom stereocenters. The van der Waals surface area contributed by atoms with E-state index in [0.29, 0.717) is 5.69 Å². The second-order valence-corrected chi connectivity index (χ2v) is 4.04. The first-order chi connectivity index (χ1) is 10.5. The molecule has 0 aliphatic heterocycles. The van der Waals surface area contributed by atoms with Crippen LogP contribution < -0.4 is 5.32 Å². The number of nitrogens with zero attached hydrogens (tertiary/aromatic N) is 4. The van der Waals surface area contributed by atoms with E-state index in [4.69, 9.17) is 15.6 Å². The van der Waals surface area contributed by atoms with Crippen molar-refractivity contribution >= 4 is 11.7 Å². The van der Waals surface area contributed by atoms with Crippen LogP contribution >= 0.6 is 0 Å². The van der Waals surface area contributed by atoms with Gasteiger partial charge < -0.3 is 10.4 Å². The van der Waals surface area contributed by atoms with Crippen molar-refractivity contribution < 1.29 is 14.3 Å². The predicted molar refractivity (Wildman–Crippen MR) is 73.4 cm³/mol. The zero-order chi connectivity index (χ0) is 16.1. The number of aromatic nitrogens is 2. The van der Waals surface area contributed by atoms with Crippen molar-refractivity contribution in [3.8, 4) is 17.8 Å². The van der Waals surface area contributed by atoms with Crippen LogP contribution in [0.3, 0.4) is 0 Å². The maximum atomic E-state index is 14.0. The monoisotopic (exact) mass is 297 g/mol. The average molecular weight is 297 g/mol. The lowest BCUT2D eigenvalue weighted by atomic mass is 10.2. The Kier molecular flexibility index (Phi) is 4.16. The number of nitrogens with one attached hydrogen (secondary N) is 1. The summed E-state index contributed by atoms with van der Waals surface area (Å²) in [7, 11) is 0. The predicted octanol–water partition coefficient (Wildman–Crippen LogP) is 2.05. The molecule has 1 aromatic carbocycles. The summed E-state index contributed by atoms with van der Waals surface area (Å²) in [6.07, 6.45) is 2.49. The highest BCUT2D eigenvalue weighted by molar-refractivity contribution is 5.85. The van der Waals surface area contributed by atoms with Gasteiger partial charge in [0.1, 0.15) is 23.4 Å². The third-order valence-corrected chi connectivity index (χ3v) is 2.63. The third kappa shape index (κ3) is 3.08. The zero-order valence-corrected chi connectivity index (χ0v) is 11.0. The van der Waals surface area contributed by atoms with E-state index >= 15 is 0 Å². The van der Waals surface area contributed by atoms with Crippen molar-refractivity contribution in [1.82, 2.24) is 9.78 Å². The van der Waals surface area contributed by atoms with Gasteiger partial charge in [0.2, 0.25) is 0 Å². The number of allylic oxidation sites excluding steroid dienone is 1. The van der Waals surface area contributed by atoms with Gasteiger partial charge in [0.25, 0.3) is 0 Å². The molecule has 0 saturated carbocycles. The molecule has 22 heavy (non-hydrogen) atoms. The molecule has 0 spiro atoms. The summed E-state index contributed by atoms with van der Waals surface area (Å²) in [6, 6.07) is 8.61. The van der Waals surface area contributed by atoms with Crippen LogP contribution in [0.25, 0.3) is 5.69 Å². The van der Waals surface area contributed by atoms with Crippen LogP contribution in [0.1, 0.15) is 10.5 Å². The molecule has 1 heterocycles. The van der Waals surface area contributed by atoms with Crippen LogP contribution in [0.15, 0.2) is 42.2 Å². The largest absolute Gasteiger partial charge is 0.476 e. The van der Waals surface area contributed by atoms with Crippen molar-refractivity contribution in [2.24, 2.45) is 0 Å². The minimum Gasteiger partial charge on any atom is -0.476 e. The summed E-state index contributed by atoms with van der Waals surface area (Å²) in [6.45, 7) is 0. The normalized spacial score (nSPS) is 9.41. The summed E-state index contributed by atoms with van der Waals surface area (Å²) in [4.78, 5) is 10.8. The van der Waals surface area contributed by atoms with Crippen molar-refractivity contribution in [2.75, 3.05) is 5.32 Å². The highest BCUT2D eigenvalue weighted by Gasteiger charge is 2.11. The van der Waals surface area contributed by atoms with Gasteiger partial charge in [-0.3, -0.25) is 0 Å². The van der Waals surface area contributed by atoms with Crippen molar-refractivity contribution in [3.05, 3.63) is 53.7 Å². The maximum Gasteiger partial charge on any atom is 0.356 e. The van der Waals surface area contributed by atoms with Gasteiger partial charge in [0, 0.05) is 18.1 Å². The van der Waals surface area contributed by atoms with E-state index in [1.54, 1.807) is 12.1 Å². The van der Waals surface area contributed by atoms with Gasteiger partial charge in [-0.1, -0.05) is 0 Å². The van der Waals surface area contributed by atoms with Crippen LogP contribution in [-0.2, 0) is 0 Å². The third-order valence-electron chi connectivity index (χ3n) is 2.63. The Bertz CT molecular complexity index is 826. The van der Waals surface area contributed by atoms with Crippen molar-refractivity contribution in [2.45, 2.75) is 0 Å². The van der Waals surface area contributed by atoms with Crippen LogP contribution in [0.5, 0.6) is 0 Å². The molecule has 8 heteroatoms. The molecule has 0 fully saturated rings. The number of carboxylic acids is 1. The standard InChI is InChI=1S/C14H8FN5O2/c15-11-5-10(18-8-9(6-16)7-17)1-2-13(11)20-4-3-12(19-20)14(21)22/h1-5,8,18H,(H,21,22). The summed E-state index contributed by atoms with van der Waals surface area (Å²) in [5.41, 5.74) is 0.0533. The number of carbonyl (C=O) groups is 1. The molecule has 0 amide bonds.